The Balaban J connectivity index is 1.66. The van der Waals surface area contributed by atoms with Crippen LogP contribution in [0.15, 0.2) is 48.0 Å². The van der Waals surface area contributed by atoms with E-state index in [9.17, 15) is 9.59 Å². The van der Waals surface area contributed by atoms with E-state index in [1.54, 1.807) is 31.3 Å². The zero-order valence-corrected chi connectivity index (χ0v) is 16.0. The quantitative estimate of drug-likeness (QED) is 0.853. The van der Waals surface area contributed by atoms with Crippen LogP contribution in [0.1, 0.15) is 18.1 Å². The van der Waals surface area contributed by atoms with Crippen molar-refractivity contribution in [2.75, 3.05) is 25.5 Å². The maximum absolute atomic E-state index is 12.7. The summed E-state index contributed by atoms with van der Waals surface area (Å²) in [5.74, 6) is 0.194. The number of nitrogens with zero attached hydrogens (tertiary/aromatic N) is 1. The molecule has 0 radical (unpaired) electrons. The number of fused-ring (bicyclic) bond motifs is 1. The first-order valence-corrected chi connectivity index (χ1v) is 9.12. The highest BCUT2D eigenvalue weighted by atomic mass is 35.5. The highest BCUT2D eigenvalue weighted by Gasteiger charge is 2.22. The van der Waals surface area contributed by atoms with Gasteiger partial charge >= 0.3 is 0 Å². The SMILES string of the molecule is CCc1ccccc1NC(=O)CN(C)C(=O)C1=Cc2cc(Cl)ccc2OC1. The summed E-state index contributed by atoms with van der Waals surface area (Å²) >= 11 is 6.00. The van der Waals surface area contributed by atoms with Crippen LogP contribution in [0, 0.1) is 0 Å². The second kappa shape index (κ2) is 8.27. The Kier molecular flexibility index (Phi) is 5.81. The van der Waals surface area contributed by atoms with Crippen LogP contribution in [-0.4, -0.2) is 36.9 Å². The zero-order chi connectivity index (χ0) is 19.4. The number of hydrogen-bond donors (Lipinski definition) is 1. The number of benzene rings is 2. The molecule has 2 aromatic rings. The molecule has 1 aliphatic rings. The van der Waals surface area contributed by atoms with Crippen molar-refractivity contribution in [1.29, 1.82) is 0 Å². The maximum atomic E-state index is 12.7. The van der Waals surface area contributed by atoms with E-state index in [0.29, 0.717) is 16.3 Å². The molecule has 0 aliphatic carbocycles. The number of carbonyl (C=O) groups excluding carboxylic acids is 2. The molecular weight excluding hydrogens is 364 g/mol. The number of ether oxygens (including phenoxy) is 1. The first-order chi connectivity index (χ1) is 13.0. The van der Waals surface area contributed by atoms with E-state index >= 15 is 0 Å². The highest BCUT2D eigenvalue weighted by Crippen LogP contribution is 2.29. The molecule has 1 N–H and O–H groups in total. The van der Waals surface area contributed by atoms with Crippen molar-refractivity contribution in [3.8, 4) is 5.75 Å². The molecule has 0 spiro atoms. The number of amides is 2. The molecule has 0 atom stereocenters. The van der Waals surface area contributed by atoms with Gasteiger partial charge in [0.25, 0.3) is 5.91 Å². The summed E-state index contributed by atoms with van der Waals surface area (Å²) in [6.45, 7) is 2.15. The van der Waals surface area contributed by atoms with Crippen molar-refractivity contribution in [2.45, 2.75) is 13.3 Å². The number of para-hydroxylation sites is 1. The van der Waals surface area contributed by atoms with Gasteiger partial charge in [-0.3, -0.25) is 9.59 Å². The number of nitrogens with one attached hydrogen (secondary N) is 1. The van der Waals surface area contributed by atoms with Crippen molar-refractivity contribution in [2.24, 2.45) is 0 Å². The fourth-order valence-electron chi connectivity index (χ4n) is 2.94. The normalized spacial score (nSPS) is 12.5. The van der Waals surface area contributed by atoms with Gasteiger partial charge < -0.3 is 15.0 Å². The second-order valence-corrected chi connectivity index (χ2v) is 6.80. The number of halogens is 1. The van der Waals surface area contributed by atoms with Crippen LogP contribution in [0.3, 0.4) is 0 Å². The number of likely N-dealkylation sites (N-methyl/N-ethyl adjacent to an activating group) is 1. The van der Waals surface area contributed by atoms with Crippen LogP contribution in [0.5, 0.6) is 5.75 Å². The monoisotopic (exact) mass is 384 g/mol. The molecule has 2 aromatic carbocycles. The van der Waals surface area contributed by atoms with Gasteiger partial charge in [0.2, 0.25) is 5.91 Å². The molecule has 6 heteroatoms. The van der Waals surface area contributed by atoms with E-state index in [1.807, 2.05) is 31.2 Å². The largest absolute Gasteiger partial charge is 0.488 e. The number of anilines is 1. The van der Waals surface area contributed by atoms with Gasteiger partial charge in [-0.2, -0.15) is 0 Å². The van der Waals surface area contributed by atoms with E-state index < -0.39 is 0 Å². The van der Waals surface area contributed by atoms with E-state index in [0.717, 1.165) is 23.2 Å². The van der Waals surface area contributed by atoms with Gasteiger partial charge in [0.1, 0.15) is 12.4 Å². The van der Waals surface area contributed by atoms with Crippen molar-refractivity contribution in [3.05, 3.63) is 64.2 Å². The molecule has 5 nitrogen and oxygen atoms in total. The summed E-state index contributed by atoms with van der Waals surface area (Å²) in [4.78, 5) is 26.4. The molecule has 0 saturated carbocycles. The molecule has 2 amide bonds. The molecule has 0 bridgehead atoms. The van der Waals surface area contributed by atoms with Crippen LogP contribution in [-0.2, 0) is 16.0 Å². The third kappa shape index (κ3) is 4.49. The van der Waals surface area contributed by atoms with Crippen LogP contribution in [0.4, 0.5) is 5.69 Å². The standard InChI is InChI=1S/C21H21ClN2O3/c1-3-14-6-4-5-7-18(14)23-20(25)12-24(2)21(26)16-10-15-11-17(22)8-9-19(15)27-13-16/h4-11H,3,12-13H2,1-2H3,(H,23,25). The smallest absolute Gasteiger partial charge is 0.253 e. The van der Waals surface area contributed by atoms with Gasteiger partial charge in [-0.25, -0.2) is 0 Å². The van der Waals surface area contributed by atoms with E-state index in [1.165, 1.54) is 4.90 Å². The lowest BCUT2D eigenvalue weighted by Crippen LogP contribution is -2.37. The Morgan fingerprint density at radius 2 is 2.00 bits per heavy atom. The van der Waals surface area contributed by atoms with E-state index in [4.69, 9.17) is 16.3 Å². The predicted octanol–water partition coefficient (Wildman–Crippen LogP) is 3.78. The Morgan fingerprint density at radius 3 is 2.78 bits per heavy atom. The number of carbonyl (C=O) groups is 2. The van der Waals surface area contributed by atoms with Crippen LogP contribution < -0.4 is 10.1 Å². The fourth-order valence-corrected chi connectivity index (χ4v) is 3.13. The predicted molar refractivity (Wildman–Crippen MR) is 107 cm³/mol. The summed E-state index contributed by atoms with van der Waals surface area (Å²) in [5.41, 5.74) is 3.06. The minimum absolute atomic E-state index is 0.0450. The minimum atomic E-state index is -0.250. The maximum Gasteiger partial charge on any atom is 0.253 e. The number of aryl methyl sites for hydroxylation is 1. The van der Waals surface area contributed by atoms with E-state index in [2.05, 4.69) is 5.32 Å². The van der Waals surface area contributed by atoms with Gasteiger partial charge in [0.05, 0.1) is 12.1 Å². The minimum Gasteiger partial charge on any atom is -0.488 e. The molecule has 0 saturated heterocycles. The van der Waals surface area contributed by atoms with Gasteiger partial charge in [-0.1, -0.05) is 36.7 Å². The van der Waals surface area contributed by atoms with Gasteiger partial charge in [0.15, 0.2) is 0 Å². The Hall–Kier alpha value is -2.79. The summed E-state index contributed by atoms with van der Waals surface area (Å²) in [6, 6.07) is 12.9. The Bertz CT molecular complexity index is 908. The Labute approximate surface area is 163 Å². The first-order valence-electron chi connectivity index (χ1n) is 8.74. The van der Waals surface area contributed by atoms with Crippen molar-refractivity contribution >= 4 is 35.2 Å². The Morgan fingerprint density at radius 1 is 1.22 bits per heavy atom. The zero-order valence-electron chi connectivity index (χ0n) is 15.3. The lowest BCUT2D eigenvalue weighted by atomic mass is 10.1. The lowest BCUT2D eigenvalue weighted by Gasteiger charge is -2.22. The molecule has 140 valence electrons. The average Bonchev–Trinajstić information content (AvgIpc) is 2.67. The molecule has 0 unspecified atom stereocenters. The molecule has 0 fully saturated rings. The van der Waals surface area contributed by atoms with Gasteiger partial charge in [0, 0.05) is 23.3 Å². The topological polar surface area (TPSA) is 58.6 Å². The molecule has 27 heavy (non-hydrogen) atoms. The van der Waals surface area contributed by atoms with Gasteiger partial charge in [-0.05, 0) is 42.3 Å². The average molecular weight is 385 g/mol. The summed E-state index contributed by atoms with van der Waals surface area (Å²) in [6.07, 6.45) is 2.57. The van der Waals surface area contributed by atoms with Gasteiger partial charge in [-0.15, -0.1) is 0 Å². The lowest BCUT2D eigenvalue weighted by molar-refractivity contribution is -0.130. The van der Waals surface area contributed by atoms with Crippen LogP contribution in [0.2, 0.25) is 5.02 Å². The van der Waals surface area contributed by atoms with Crippen molar-refractivity contribution in [1.82, 2.24) is 4.90 Å². The van der Waals surface area contributed by atoms with Crippen molar-refractivity contribution in [3.63, 3.8) is 0 Å². The molecule has 1 heterocycles. The third-order valence-electron chi connectivity index (χ3n) is 4.36. The molecule has 0 aromatic heterocycles. The summed E-state index contributed by atoms with van der Waals surface area (Å²) < 4.78 is 5.62. The first kappa shape index (κ1) is 19.0. The molecule has 3 rings (SSSR count). The number of hydrogen-bond acceptors (Lipinski definition) is 3. The van der Waals surface area contributed by atoms with Crippen molar-refractivity contribution < 1.29 is 14.3 Å². The second-order valence-electron chi connectivity index (χ2n) is 6.36. The molecule has 1 aliphatic heterocycles. The third-order valence-corrected chi connectivity index (χ3v) is 4.59. The van der Waals surface area contributed by atoms with E-state index in [-0.39, 0.29) is 25.0 Å². The summed E-state index contributed by atoms with van der Waals surface area (Å²) in [5, 5.41) is 3.45. The molecular formula is C21H21ClN2O3. The fraction of sp³-hybridized carbons (Fsp3) is 0.238. The number of rotatable bonds is 5. The highest BCUT2D eigenvalue weighted by molar-refractivity contribution is 6.30. The summed E-state index contributed by atoms with van der Waals surface area (Å²) in [7, 11) is 1.60. The van der Waals surface area contributed by atoms with Crippen LogP contribution >= 0.6 is 11.6 Å². The van der Waals surface area contributed by atoms with Crippen LogP contribution in [0.25, 0.3) is 6.08 Å².